The number of H-pyrrole nitrogens is 1. The summed E-state index contributed by atoms with van der Waals surface area (Å²) in [5.74, 6) is -0.0841. The summed E-state index contributed by atoms with van der Waals surface area (Å²) in [5, 5.41) is 9.89. The lowest BCUT2D eigenvalue weighted by Gasteiger charge is -2.45. The van der Waals surface area contributed by atoms with Gasteiger partial charge in [-0.3, -0.25) is 14.5 Å². The summed E-state index contributed by atoms with van der Waals surface area (Å²) in [7, 11) is 0. The van der Waals surface area contributed by atoms with E-state index in [9.17, 15) is 14.7 Å². The van der Waals surface area contributed by atoms with Gasteiger partial charge in [0.1, 0.15) is 0 Å². The Morgan fingerprint density at radius 3 is 2.57 bits per heavy atom. The molecule has 37 heavy (non-hydrogen) atoms. The number of carboxylic acid groups (broad SMARTS) is 1. The number of rotatable bonds is 8. The van der Waals surface area contributed by atoms with E-state index in [1.165, 1.54) is 10.5 Å². The summed E-state index contributed by atoms with van der Waals surface area (Å²) in [6.45, 7) is 4.26. The van der Waals surface area contributed by atoms with Gasteiger partial charge in [-0.2, -0.15) is 0 Å². The lowest BCUT2D eigenvalue weighted by Crippen LogP contribution is -2.53. The molecule has 3 atom stereocenters. The predicted octanol–water partition coefficient (Wildman–Crippen LogP) is 4.75. The minimum Gasteiger partial charge on any atom is -0.465 e. The van der Waals surface area contributed by atoms with Crippen LogP contribution >= 0.6 is 0 Å². The quantitative estimate of drug-likeness (QED) is 0.365. The zero-order valence-corrected chi connectivity index (χ0v) is 21.0. The van der Waals surface area contributed by atoms with Crippen LogP contribution < -0.4 is 5.69 Å². The second-order valence-corrected chi connectivity index (χ2v) is 9.75. The topological polar surface area (TPSA) is 94.5 Å². The summed E-state index contributed by atoms with van der Waals surface area (Å²) in [6, 6.07) is 23.9. The number of fused-ring (bicyclic) bond motifs is 1. The minimum absolute atomic E-state index is 0.0231. The standard InChI is InChI=1S/C29H33N5O3/c1-2-25(33(18-21-10-4-3-5-11-21)19-22-12-8-9-16-30-22)23-20-32(29(36)37)17-15-26(23)34-27-14-7-6-13-24(27)31-28(34)35/h3-14,16,23,25-26H,2,15,17-20H2,1H3,(H,31,35)(H,36,37). The molecular formula is C29H33N5O3. The molecule has 1 aliphatic heterocycles. The first-order valence-electron chi connectivity index (χ1n) is 12.9. The Kier molecular flexibility index (Phi) is 7.37. The number of likely N-dealkylation sites (tertiary alicyclic amines) is 1. The van der Waals surface area contributed by atoms with Crippen LogP contribution in [0.25, 0.3) is 11.0 Å². The molecule has 1 fully saturated rings. The summed E-state index contributed by atoms with van der Waals surface area (Å²) >= 11 is 0. The maximum atomic E-state index is 13.2. The highest BCUT2D eigenvalue weighted by atomic mass is 16.4. The van der Waals surface area contributed by atoms with Crippen molar-refractivity contribution < 1.29 is 9.90 Å². The molecule has 0 spiro atoms. The Labute approximate surface area is 216 Å². The molecule has 0 aliphatic carbocycles. The first kappa shape index (κ1) is 24.8. The number of pyridine rings is 1. The Hall–Kier alpha value is -3.91. The highest BCUT2D eigenvalue weighted by Gasteiger charge is 2.40. The molecule has 2 aromatic carbocycles. The van der Waals surface area contributed by atoms with Gasteiger partial charge in [0.15, 0.2) is 0 Å². The van der Waals surface area contributed by atoms with Gasteiger partial charge in [-0.25, -0.2) is 9.59 Å². The number of piperidine rings is 1. The number of hydrogen-bond donors (Lipinski definition) is 2. The molecule has 0 bridgehead atoms. The predicted molar refractivity (Wildman–Crippen MR) is 143 cm³/mol. The summed E-state index contributed by atoms with van der Waals surface area (Å²) in [5.41, 5.74) is 3.66. The lowest BCUT2D eigenvalue weighted by molar-refractivity contribution is 0.0336. The van der Waals surface area contributed by atoms with E-state index in [-0.39, 0.29) is 23.7 Å². The van der Waals surface area contributed by atoms with Gasteiger partial charge in [0.25, 0.3) is 0 Å². The second-order valence-electron chi connectivity index (χ2n) is 9.75. The molecule has 3 heterocycles. The van der Waals surface area contributed by atoms with Crippen molar-refractivity contribution >= 4 is 17.1 Å². The number of nitrogens with one attached hydrogen (secondary N) is 1. The lowest BCUT2D eigenvalue weighted by atomic mass is 9.83. The fraction of sp³-hybridized carbons (Fsp3) is 0.345. The van der Waals surface area contributed by atoms with Gasteiger partial charge >= 0.3 is 11.8 Å². The number of benzene rings is 2. The smallest absolute Gasteiger partial charge is 0.407 e. The van der Waals surface area contributed by atoms with E-state index >= 15 is 0 Å². The van der Waals surface area contributed by atoms with Crippen LogP contribution in [0.2, 0.25) is 0 Å². The average molecular weight is 500 g/mol. The van der Waals surface area contributed by atoms with E-state index in [2.05, 4.69) is 33.9 Å². The van der Waals surface area contributed by atoms with Gasteiger partial charge in [-0.05, 0) is 42.7 Å². The van der Waals surface area contributed by atoms with Gasteiger partial charge < -0.3 is 15.0 Å². The van der Waals surface area contributed by atoms with E-state index in [4.69, 9.17) is 0 Å². The third-order valence-corrected chi connectivity index (χ3v) is 7.55. The normalized spacial score (nSPS) is 18.8. The SMILES string of the molecule is CCC(C1CN(C(=O)O)CCC1n1c(=O)[nH]c2ccccc21)N(Cc1ccccc1)Cc1ccccn1. The van der Waals surface area contributed by atoms with Crippen LogP contribution in [0.4, 0.5) is 4.79 Å². The highest BCUT2D eigenvalue weighted by Crippen LogP contribution is 2.36. The number of hydrogen-bond acceptors (Lipinski definition) is 4. The van der Waals surface area contributed by atoms with E-state index in [0.29, 0.717) is 32.6 Å². The van der Waals surface area contributed by atoms with Crippen LogP contribution in [0.3, 0.4) is 0 Å². The van der Waals surface area contributed by atoms with E-state index < -0.39 is 6.09 Å². The van der Waals surface area contributed by atoms with E-state index in [1.807, 2.05) is 65.2 Å². The molecule has 8 nitrogen and oxygen atoms in total. The summed E-state index contributed by atoms with van der Waals surface area (Å²) in [4.78, 5) is 36.8. The minimum atomic E-state index is -0.913. The number of imidazole rings is 1. The largest absolute Gasteiger partial charge is 0.465 e. The Balaban J connectivity index is 1.56. The molecule has 5 rings (SSSR count). The van der Waals surface area contributed by atoms with Crippen LogP contribution in [-0.2, 0) is 13.1 Å². The highest BCUT2D eigenvalue weighted by molar-refractivity contribution is 5.75. The zero-order chi connectivity index (χ0) is 25.8. The fourth-order valence-corrected chi connectivity index (χ4v) is 5.89. The van der Waals surface area contributed by atoms with Crippen LogP contribution in [0.15, 0.2) is 83.8 Å². The van der Waals surface area contributed by atoms with Gasteiger partial charge in [-0.1, -0.05) is 55.5 Å². The maximum absolute atomic E-state index is 13.2. The third-order valence-electron chi connectivity index (χ3n) is 7.55. The van der Waals surface area contributed by atoms with Crippen LogP contribution in [-0.4, -0.2) is 54.7 Å². The first-order valence-corrected chi connectivity index (χ1v) is 12.9. The molecule has 0 radical (unpaired) electrons. The molecule has 8 heteroatoms. The fourth-order valence-electron chi connectivity index (χ4n) is 5.89. The molecule has 1 saturated heterocycles. The van der Waals surface area contributed by atoms with Gasteiger partial charge in [0.2, 0.25) is 0 Å². The second kappa shape index (κ2) is 11.0. The molecular weight excluding hydrogens is 466 g/mol. The maximum Gasteiger partial charge on any atom is 0.407 e. The molecule has 192 valence electrons. The Morgan fingerprint density at radius 2 is 1.84 bits per heavy atom. The van der Waals surface area contributed by atoms with Gasteiger partial charge in [0, 0.05) is 50.4 Å². The van der Waals surface area contributed by atoms with Crippen molar-refractivity contribution in [2.24, 2.45) is 5.92 Å². The average Bonchev–Trinajstić information content (AvgIpc) is 3.25. The van der Waals surface area contributed by atoms with Crippen molar-refractivity contribution in [2.75, 3.05) is 13.1 Å². The van der Waals surface area contributed by atoms with Crippen LogP contribution in [0, 0.1) is 5.92 Å². The van der Waals surface area contributed by atoms with Crippen molar-refractivity contribution in [1.82, 2.24) is 24.3 Å². The molecule has 2 N–H and O–H groups in total. The van der Waals surface area contributed by atoms with Gasteiger partial charge in [-0.15, -0.1) is 0 Å². The molecule has 2 aromatic heterocycles. The number of aromatic amines is 1. The van der Waals surface area contributed by atoms with Crippen molar-refractivity contribution in [2.45, 2.75) is 44.9 Å². The molecule has 1 amide bonds. The Bertz CT molecular complexity index is 1340. The first-order chi connectivity index (χ1) is 18.0. The van der Waals surface area contributed by atoms with Crippen molar-refractivity contribution in [3.8, 4) is 0 Å². The third kappa shape index (κ3) is 5.29. The Morgan fingerprint density at radius 1 is 1.08 bits per heavy atom. The monoisotopic (exact) mass is 499 g/mol. The van der Waals surface area contributed by atoms with Crippen molar-refractivity contribution in [3.63, 3.8) is 0 Å². The van der Waals surface area contributed by atoms with Crippen molar-refractivity contribution in [3.05, 3.63) is 101 Å². The van der Waals surface area contributed by atoms with Crippen LogP contribution in [0.1, 0.15) is 37.1 Å². The molecule has 0 saturated carbocycles. The van der Waals surface area contributed by atoms with E-state index in [1.54, 1.807) is 6.20 Å². The van der Waals surface area contributed by atoms with E-state index in [0.717, 1.165) is 23.1 Å². The van der Waals surface area contributed by atoms with Gasteiger partial charge in [0.05, 0.1) is 16.7 Å². The van der Waals surface area contributed by atoms with Crippen LogP contribution in [0.5, 0.6) is 0 Å². The molecule has 3 unspecified atom stereocenters. The zero-order valence-electron chi connectivity index (χ0n) is 21.0. The summed E-state index contributed by atoms with van der Waals surface area (Å²) in [6.07, 6.45) is 2.28. The number of amides is 1. The number of aromatic nitrogens is 3. The van der Waals surface area contributed by atoms with Crippen molar-refractivity contribution in [1.29, 1.82) is 0 Å². The summed E-state index contributed by atoms with van der Waals surface area (Å²) < 4.78 is 1.86. The molecule has 1 aliphatic rings. The number of carbonyl (C=O) groups is 1. The number of nitrogens with zero attached hydrogens (tertiary/aromatic N) is 4. The number of para-hydroxylation sites is 2. The molecule has 4 aromatic rings.